The minimum Gasteiger partial charge on any atom is -0.381 e. The van der Waals surface area contributed by atoms with E-state index in [0.717, 1.165) is 32.0 Å². The molecular formula is C16H27N3O. The van der Waals surface area contributed by atoms with E-state index >= 15 is 0 Å². The summed E-state index contributed by atoms with van der Waals surface area (Å²) < 4.78 is 5.55. The number of nitrogens with two attached hydrogens (primary N) is 1. The van der Waals surface area contributed by atoms with Gasteiger partial charge < -0.3 is 15.4 Å². The fourth-order valence-corrected chi connectivity index (χ4v) is 2.93. The van der Waals surface area contributed by atoms with Crippen molar-refractivity contribution >= 4 is 5.82 Å². The van der Waals surface area contributed by atoms with Crippen LogP contribution in [-0.4, -0.2) is 37.8 Å². The number of aromatic nitrogens is 1. The summed E-state index contributed by atoms with van der Waals surface area (Å²) in [5.41, 5.74) is 8.29. The van der Waals surface area contributed by atoms with Crippen LogP contribution in [0, 0.1) is 12.8 Å². The maximum atomic E-state index is 5.84. The Morgan fingerprint density at radius 2 is 2.35 bits per heavy atom. The summed E-state index contributed by atoms with van der Waals surface area (Å²) in [5, 5.41) is 0. The molecule has 0 aromatic carbocycles. The van der Waals surface area contributed by atoms with Gasteiger partial charge in [0, 0.05) is 32.4 Å². The van der Waals surface area contributed by atoms with Gasteiger partial charge in [0.25, 0.3) is 0 Å². The topological polar surface area (TPSA) is 51.4 Å². The third-order valence-corrected chi connectivity index (χ3v) is 3.81. The number of hydrogen-bond donors (Lipinski definition) is 1. The van der Waals surface area contributed by atoms with Crippen LogP contribution in [0.5, 0.6) is 0 Å². The molecule has 4 heteroatoms. The van der Waals surface area contributed by atoms with Crippen molar-refractivity contribution < 1.29 is 4.74 Å². The van der Waals surface area contributed by atoms with Crippen LogP contribution in [0.2, 0.25) is 0 Å². The van der Waals surface area contributed by atoms with E-state index in [1.165, 1.54) is 24.0 Å². The Morgan fingerprint density at radius 3 is 2.95 bits per heavy atom. The molecule has 0 saturated carbocycles. The molecular weight excluding hydrogens is 250 g/mol. The summed E-state index contributed by atoms with van der Waals surface area (Å²) >= 11 is 0. The second-order valence-corrected chi connectivity index (χ2v) is 6.13. The molecule has 1 fully saturated rings. The maximum Gasteiger partial charge on any atom is 0.131 e. The smallest absolute Gasteiger partial charge is 0.131 e. The summed E-state index contributed by atoms with van der Waals surface area (Å²) in [4.78, 5) is 6.88. The number of rotatable bonds is 5. The summed E-state index contributed by atoms with van der Waals surface area (Å²) in [6, 6.07) is 2.39. The molecule has 0 bridgehead atoms. The van der Waals surface area contributed by atoms with E-state index in [4.69, 9.17) is 10.5 Å². The molecule has 2 rings (SSSR count). The second-order valence-electron chi connectivity index (χ2n) is 6.13. The number of ether oxygens (including phenoxy) is 1. The van der Waals surface area contributed by atoms with Gasteiger partial charge in [-0.15, -0.1) is 0 Å². The standard InChI is InChI=1S/C16H27N3O/c1-12-7-15(8-13(2)17)9-18-16(12)19(3)10-14-5-4-6-20-11-14/h7,9,13-14H,4-6,8,10-11,17H2,1-3H3. The van der Waals surface area contributed by atoms with Crippen molar-refractivity contribution in [3.05, 3.63) is 23.4 Å². The molecule has 0 spiro atoms. The number of anilines is 1. The predicted octanol–water partition coefficient (Wildman–Crippen LogP) is 2.14. The Hall–Kier alpha value is -1.13. The molecule has 0 radical (unpaired) electrons. The minimum absolute atomic E-state index is 0.180. The third-order valence-electron chi connectivity index (χ3n) is 3.81. The first-order chi connectivity index (χ1) is 9.56. The first-order valence-electron chi connectivity index (χ1n) is 7.56. The Bertz CT molecular complexity index is 428. The highest BCUT2D eigenvalue weighted by Crippen LogP contribution is 2.21. The highest BCUT2D eigenvalue weighted by molar-refractivity contribution is 5.46. The normalized spacial score (nSPS) is 20.7. The van der Waals surface area contributed by atoms with Gasteiger partial charge in [0.05, 0.1) is 6.61 Å². The van der Waals surface area contributed by atoms with Crippen molar-refractivity contribution in [2.24, 2.45) is 11.7 Å². The van der Waals surface area contributed by atoms with Gasteiger partial charge in [-0.05, 0) is 50.2 Å². The SMILES string of the molecule is Cc1cc(CC(C)N)cnc1N(C)CC1CCCOC1. The lowest BCUT2D eigenvalue weighted by Crippen LogP contribution is -2.31. The van der Waals surface area contributed by atoms with E-state index in [0.29, 0.717) is 5.92 Å². The van der Waals surface area contributed by atoms with Gasteiger partial charge in [-0.2, -0.15) is 0 Å². The molecule has 1 saturated heterocycles. The Morgan fingerprint density at radius 1 is 1.55 bits per heavy atom. The molecule has 1 aromatic heterocycles. The number of nitrogens with zero attached hydrogens (tertiary/aromatic N) is 2. The largest absolute Gasteiger partial charge is 0.381 e. The maximum absolute atomic E-state index is 5.84. The number of hydrogen-bond acceptors (Lipinski definition) is 4. The van der Waals surface area contributed by atoms with Crippen molar-refractivity contribution in [1.29, 1.82) is 0 Å². The van der Waals surface area contributed by atoms with Gasteiger partial charge >= 0.3 is 0 Å². The lowest BCUT2D eigenvalue weighted by atomic mass is 10.0. The van der Waals surface area contributed by atoms with Crippen LogP contribution in [0.15, 0.2) is 12.3 Å². The highest BCUT2D eigenvalue weighted by atomic mass is 16.5. The van der Waals surface area contributed by atoms with Crippen molar-refractivity contribution in [3.8, 4) is 0 Å². The van der Waals surface area contributed by atoms with Crippen molar-refractivity contribution in [3.63, 3.8) is 0 Å². The zero-order valence-corrected chi connectivity index (χ0v) is 12.9. The third kappa shape index (κ3) is 4.18. The molecule has 20 heavy (non-hydrogen) atoms. The van der Waals surface area contributed by atoms with Gasteiger partial charge in [-0.1, -0.05) is 6.07 Å². The molecule has 112 valence electrons. The Balaban J connectivity index is 2.00. The van der Waals surface area contributed by atoms with E-state index in [1.807, 2.05) is 13.1 Å². The van der Waals surface area contributed by atoms with E-state index in [-0.39, 0.29) is 6.04 Å². The van der Waals surface area contributed by atoms with Crippen LogP contribution in [0.25, 0.3) is 0 Å². The molecule has 0 amide bonds. The van der Waals surface area contributed by atoms with Crippen LogP contribution in [0.3, 0.4) is 0 Å². The summed E-state index contributed by atoms with van der Waals surface area (Å²) in [6.45, 7) is 6.97. The van der Waals surface area contributed by atoms with E-state index in [2.05, 4.69) is 29.9 Å². The molecule has 2 atom stereocenters. The molecule has 1 aliphatic heterocycles. The zero-order valence-electron chi connectivity index (χ0n) is 12.9. The lowest BCUT2D eigenvalue weighted by molar-refractivity contribution is 0.0576. The summed E-state index contributed by atoms with van der Waals surface area (Å²) in [6.07, 6.45) is 5.28. The van der Waals surface area contributed by atoms with E-state index in [9.17, 15) is 0 Å². The van der Waals surface area contributed by atoms with Crippen LogP contribution in [0.1, 0.15) is 30.9 Å². The number of pyridine rings is 1. The molecule has 0 aliphatic carbocycles. The highest BCUT2D eigenvalue weighted by Gasteiger charge is 2.17. The van der Waals surface area contributed by atoms with Crippen LogP contribution in [0.4, 0.5) is 5.82 Å². The van der Waals surface area contributed by atoms with Crippen LogP contribution in [-0.2, 0) is 11.2 Å². The summed E-state index contributed by atoms with van der Waals surface area (Å²) in [7, 11) is 2.12. The monoisotopic (exact) mass is 277 g/mol. The van der Waals surface area contributed by atoms with Gasteiger partial charge in [0.2, 0.25) is 0 Å². The van der Waals surface area contributed by atoms with Gasteiger partial charge in [0.1, 0.15) is 5.82 Å². The molecule has 1 aromatic rings. The minimum atomic E-state index is 0.180. The van der Waals surface area contributed by atoms with Crippen LogP contribution >= 0.6 is 0 Å². The molecule has 4 nitrogen and oxygen atoms in total. The van der Waals surface area contributed by atoms with Crippen molar-refractivity contribution in [2.45, 2.75) is 39.2 Å². The van der Waals surface area contributed by atoms with Gasteiger partial charge in [-0.25, -0.2) is 4.98 Å². The van der Waals surface area contributed by atoms with Crippen LogP contribution < -0.4 is 10.6 Å². The Labute approximate surface area is 122 Å². The molecule has 2 heterocycles. The molecule has 2 N–H and O–H groups in total. The fraction of sp³-hybridized carbons (Fsp3) is 0.688. The Kier molecular flexibility index (Phi) is 5.38. The first-order valence-corrected chi connectivity index (χ1v) is 7.56. The average Bonchev–Trinajstić information content (AvgIpc) is 2.39. The fourth-order valence-electron chi connectivity index (χ4n) is 2.93. The van der Waals surface area contributed by atoms with E-state index in [1.54, 1.807) is 0 Å². The van der Waals surface area contributed by atoms with E-state index < -0.39 is 0 Å². The first kappa shape index (κ1) is 15.3. The molecule has 2 unspecified atom stereocenters. The van der Waals surface area contributed by atoms with Crippen molar-refractivity contribution in [1.82, 2.24) is 4.98 Å². The van der Waals surface area contributed by atoms with Gasteiger partial charge in [-0.3, -0.25) is 0 Å². The summed E-state index contributed by atoms with van der Waals surface area (Å²) in [5.74, 6) is 1.70. The predicted molar refractivity (Wildman–Crippen MR) is 83.1 cm³/mol. The average molecular weight is 277 g/mol. The lowest BCUT2D eigenvalue weighted by Gasteiger charge is -2.28. The second kappa shape index (κ2) is 7.04. The van der Waals surface area contributed by atoms with Gasteiger partial charge in [0.15, 0.2) is 0 Å². The number of aryl methyl sites for hydroxylation is 1. The molecule has 1 aliphatic rings. The zero-order chi connectivity index (χ0) is 14.5. The van der Waals surface area contributed by atoms with Crippen molar-refractivity contribution in [2.75, 3.05) is 31.7 Å². The quantitative estimate of drug-likeness (QED) is 0.896.